The monoisotopic (exact) mass is 475 g/mol. The van der Waals surface area contributed by atoms with Gasteiger partial charge in [0, 0.05) is 35.2 Å². The van der Waals surface area contributed by atoms with Crippen LogP contribution < -0.4 is 16.3 Å². The largest absolute Gasteiger partial charge is 0.455 e. The van der Waals surface area contributed by atoms with E-state index in [1.54, 1.807) is 6.92 Å². The van der Waals surface area contributed by atoms with Gasteiger partial charge >= 0.3 is 5.91 Å². The number of rotatable bonds is 5. The van der Waals surface area contributed by atoms with Gasteiger partial charge < -0.3 is 4.42 Å². The number of fused-ring (bicyclic) bond motifs is 1. The molecule has 0 fully saturated rings. The normalized spacial score (nSPS) is 15.2. The third-order valence-electron chi connectivity index (χ3n) is 5.72. The van der Waals surface area contributed by atoms with E-state index in [1.807, 2.05) is 30.3 Å². The third-order valence-corrected chi connectivity index (χ3v) is 5.72. The van der Waals surface area contributed by atoms with Crippen LogP contribution in [0.5, 0.6) is 0 Å². The minimum absolute atomic E-state index is 0.0871. The molecule has 180 valence electrons. The Bertz CT molecular complexity index is 1310. The van der Waals surface area contributed by atoms with E-state index >= 15 is 0 Å². The Morgan fingerprint density at radius 2 is 1.66 bits per heavy atom. The maximum absolute atomic E-state index is 12.8. The van der Waals surface area contributed by atoms with Crippen LogP contribution in [-0.2, 0) is 6.42 Å². The van der Waals surface area contributed by atoms with Gasteiger partial charge in [-0.25, -0.2) is 0 Å². The number of para-hydroxylation sites is 1. The smallest absolute Gasteiger partial charge is 0.305 e. The van der Waals surface area contributed by atoms with E-state index in [9.17, 15) is 19.7 Å². The number of nitro benzene ring substituents is 1. The first-order valence-electron chi connectivity index (χ1n) is 11.0. The first-order valence-corrected chi connectivity index (χ1v) is 11.0. The summed E-state index contributed by atoms with van der Waals surface area (Å²) in [6.45, 7) is 6.00. The molecule has 0 atom stereocenters. The molecular formula is C25H25N5O5. The van der Waals surface area contributed by atoms with Gasteiger partial charge in [0.05, 0.1) is 16.3 Å². The molecule has 0 spiro atoms. The van der Waals surface area contributed by atoms with E-state index in [4.69, 9.17) is 4.42 Å². The lowest BCUT2D eigenvalue weighted by atomic mass is 9.75. The van der Waals surface area contributed by atoms with E-state index in [0.717, 1.165) is 17.0 Å². The fraction of sp³-hybridized carbons (Fsp3) is 0.240. The molecule has 10 heteroatoms. The van der Waals surface area contributed by atoms with Crippen LogP contribution in [0.3, 0.4) is 0 Å². The third kappa shape index (κ3) is 5.21. The summed E-state index contributed by atoms with van der Waals surface area (Å²) < 4.78 is 5.95. The number of hydrogen-bond acceptors (Lipinski definition) is 7. The highest BCUT2D eigenvalue weighted by Gasteiger charge is 2.36. The predicted molar refractivity (Wildman–Crippen MR) is 130 cm³/mol. The van der Waals surface area contributed by atoms with Crippen molar-refractivity contribution in [2.24, 2.45) is 10.5 Å². The number of nitro groups is 1. The summed E-state index contributed by atoms with van der Waals surface area (Å²) in [6, 6.07) is 14.6. The van der Waals surface area contributed by atoms with E-state index in [-0.39, 0.29) is 22.4 Å². The molecule has 4 rings (SSSR count). The van der Waals surface area contributed by atoms with Crippen LogP contribution >= 0.6 is 0 Å². The summed E-state index contributed by atoms with van der Waals surface area (Å²) >= 11 is 0. The van der Waals surface area contributed by atoms with Crippen molar-refractivity contribution >= 4 is 28.9 Å². The molecule has 2 aromatic carbocycles. The van der Waals surface area contributed by atoms with E-state index in [2.05, 4.69) is 35.2 Å². The van der Waals surface area contributed by atoms with E-state index in [1.165, 1.54) is 24.3 Å². The zero-order valence-corrected chi connectivity index (χ0v) is 19.5. The molecule has 3 N–H and O–H groups in total. The molecule has 1 aromatic heterocycles. The molecule has 3 aromatic rings. The Labute approximate surface area is 201 Å². The molecule has 10 nitrogen and oxygen atoms in total. The lowest BCUT2D eigenvalue weighted by Gasteiger charge is -2.29. The fourth-order valence-electron chi connectivity index (χ4n) is 4.05. The predicted octanol–water partition coefficient (Wildman–Crippen LogP) is 4.36. The Hall–Kier alpha value is -4.47. The zero-order chi connectivity index (χ0) is 25.2. The average molecular weight is 476 g/mol. The van der Waals surface area contributed by atoms with E-state index in [0.29, 0.717) is 24.2 Å². The molecule has 0 saturated carbocycles. The van der Waals surface area contributed by atoms with Crippen LogP contribution in [0, 0.1) is 22.5 Å². The number of furan rings is 1. The SMILES string of the molecule is Cc1c(C(=O)NNC(=O)c2ccc([N+](=O)[O-])cc2)oc2c1/C(=N\Nc1ccccc1)CC(C)(C)C2. The summed E-state index contributed by atoms with van der Waals surface area (Å²) in [4.78, 5) is 35.4. The van der Waals surface area contributed by atoms with Gasteiger partial charge in [0.2, 0.25) is 0 Å². The lowest BCUT2D eigenvalue weighted by Crippen LogP contribution is -2.41. The number of carbonyl (C=O) groups is 2. The first-order chi connectivity index (χ1) is 16.6. The number of hydrazone groups is 1. The fourth-order valence-corrected chi connectivity index (χ4v) is 4.05. The van der Waals surface area contributed by atoms with Crippen LogP contribution in [0.4, 0.5) is 11.4 Å². The van der Waals surface area contributed by atoms with Gasteiger partial charge in [-0.1, -0.05) is 32.0 Å². The van der Waals surface area contributed by atoms with Gasteiger partial charge in [0.25, 0.3) is 11.6 Å². The Balaban J connectivity index is 1.52. The number of anilines is 1. The molecule has 0 bridgehead atoms. The molecule has 0 radical (unpaired) electrons. The number of hydrazine groups is 1. The second-order valence-electron chi connectivity index (χ2n) is 9.12. The molecular weight excluding hydrogens is 450 g/mol. The molecule has 0 aliphatic heterocycles. The summed E-state index contributed by atoms with van der Waals surface area (Å²) in [5, 5.41) is 15.4. The number of hydrogen-bond donors (Lipinski definition) is 3. The summed E-state index contributed by atoms with van der Waals surface area (Å²) in [7, 11) is 0. The second-order valence-corrected chi connectivity index (χ2v) is 9.12. The maximum atomic E-state index is 12.8. The van der Waals surface area contributed by atoms with Gasteiger partial charge in [0.15, 0.2) is 5.76 Å². The van der Waals surface area contributed by atoms with Crippen molar-refractivity contribution < 1.29 is 18.9 Å². The first kappa shape index (κ1) is 23.7. The standard InChI is InChI=1S/C25H25N5O5/c1-15-21-19(27-26-17-7-5-4-6-8-17)13-25(2,3)14-20(21)35-22(15)24(32)29-28-23(31)16-9-11-18(12-10-16)30(33)34/h4-12,26H,13-14H2,1-3H3,(H,28,31)(H,29,32)/b27-19-. The lowest BCUT2D eigenvalue weighted by molar-refractivity contribution is -0.384. The Morgan fingerprint density at radius 3 is 2.31 bits per heavy atom. The molecule has 1 aliphatic carbocycles. The van der Waals surface area contributed by atoms with Crippen molar-refractivity contribution in [2.75, 3.05) is 5.43 Å². The molecule has 0 unspecified atom stereocenters. The average Bonchev–Trinajstić information content (AvgIpc) is 3.16. The van der Waals surface area contributed by atoms with Crippen LogP contribution in [0.1, 0.15) is 58.1 Å². The number of nitrogens with one attached hydrogen (secondary N) is 3. The van der Waals surface area contributed by atoms with Crippen molar-refractivity contribution in [3.05, 3.63) is 92.9 Å². The molecule has 1 heterocycles. The highest BCUT2D eigenvalue weighted by atomic mass is 16.6. The van der Waals surface area contributed by atoms with E-state index < -0.39 is 16.7 Å². The Morgan fingerprint density at radius 1 is 1.00 bits per heavy atom. The number of nitrogens with zero attached hydrogens (tertiary/aromatic N) is 2. The highest BCUT2D eigenvalue weighted by Crippen LogP contribution is 2.39. The van der Waals surface area contributed by atoms with Gasteiger partial charge in [-0.2, -0.15) is 5.10 Å². The summed E-state index contributed by atoms with van der Waals surface area (Å²) in [5.74, 6) is -0.471. The second kappa shape index (κ2) is 9.41. The van der Waals surface area contributed by atoms with Gasteiger partial charge in [-0.3, -0.25) is 36.0 Å². The summed E-state index contributed by atoms with van der Waals surface area (Å²) in [5.41, 5.74) is 10.7. The van der Waals surface area contributed by atoms with Crippen molar-refractivity contribution in [1.29, 1.82) is 0 Å². The highest BCUT2D eigenvalue weighted by molar-refractivity contribution is 6.07. The van der Waals surface area contributed by atoms with Gasteiger partial charge in [0.1, 0.15) is 5.76 Å². The number of carbonyl (C=O) groups excluding carboxylic acids is 2. The Kier molecular flexibility index (Phi) is 6.37. The van der Waals surface area contributed by atoms with Crippen LogP contribution in [-0.4, -0.2) is 22.4 Å². The van der Waals surface area contributed by atoms with Gasteiger partial charge in [-0.05, 0) is 43.0 Å². The van der Waals surface area contributed by atoms with Crippen molar-refractivity contribution in [2.45, 2.75) is 33.6 Å². The van der Waals surface area contributed by atoms with Gasteiger partial charge in [-0.15, -0.1) is 0 Å². The summed E-state index contributed by atoms with van der Waals surface area (Å²) in [6.07, 6.45) is 1.33. The number of benzene rings is 2. The van der Waals surface area contributed by atoms with Crippen molar-refractivity contribution in [3.8, 4) is 0 Å². The van der Waals surface area contributed by atoms with Crippen molar-refractivity contribution in [1.82, 2.24) is 10.9 Å². The minimum Gasteiger partial charge on any atom is -0.455 e. The van der Waals surface area contributed by atoms with Crippen molar-refractivity contribution in [3.63, 3.8) is 0 Å². The zero-order valence-electron chi connectivity index (χ0n) is 19.5. The topological polar surface area (TPSA) is 139 Å². The maximum Gasteiger partial charge on any atom is 0.305 e. The number of amides is 2. The molecule has 0 saturated heterocycles. The molecule has 35 heavy (non-hydrogen) atoms. The van der Waals surface area contributed by atoms with Crippen LogP contribution in [0.25, 0.3) is 0 Å². The minimum atomic E-state index is -0.613. The molecule has 1 aliphatic rings. The van der Waals surface area contributed by atoms with Crippen LogP contribution in [0.2, 0.25) is 0 Å². The number of non-ortho nitro benzene ring substituents is 1. The molecule has 2 amide bonds. The quantitative estimate of drug-likeness (QED) is 0.370. The van der Waals surface area contributed by atoms with Crippen LogP contribution in [0.15, 0.2) is 64.1 Å².